The van der Waals surface area contributed by atoms with E-state index in [1.54, 1.807) is 0 Å². The first-order valence-corrected chi connectivity index (χ1v) is 5.55. The molecular formula is C9H11NO2S. The van der Waals surface area contributed by atoms with Gasteiger partial charge in [-0.1, -0.05) is 5.57 Å². The molecule has 0 radical (unpaired) electrons. The summed E-state index contributed by atoms with van der Waals surface area (Å²) in [7, 11) is 0. The summed E-state index contributed by atoms with van der Waals surface area (Å²) in [6.45, 7) is 0. The number of rotatable bonds is 0. The van der Waals surface area contributed by atoms with E-state index >= 15 is 0 Å². The van der Waals surface area contributed by atoms with Crippen LogP contribution in [-0.4, -0.2) is 23.3 Å². The minimum Gasteiger partial charge on any atom is -0.292 e. The van der Waals surface area contributed by atoms with Crippen molar-refractivity contribution < 1.29 is 9.59 Å². The molecule has 0 aromatic heterocycles. The van der Waals surface area contributed by atoms with Crippen LogP contribution in [0, 0.1) is 0 Å². The third-order valence-corrected chi connectivity index (χ3v) is 3.46. The molecule has 2 heterocycles. The summed E-state index contributed by atoms with van der Waals surface area (Å²) in [4.78, 5) is 22.2. The van der Waals surface area contributed by atoms with Crippen molar-refractivity contribution in [1.29, 1.82) is 0 Å². The molecule has 1 N–H and O–H groups in total. The Hall–Kier alpha value is -0.770. The lowest BCUT2D eigenvalue weighted by Crippen LogP contribution is -2.20. The number of carbonyl (C=O) groups is 2. The summed E-state index contributed by atoms with van der Waals surface area (Å²) in [5.41, 5.74) is 1.91. The van der Waals surface area contributed by atoms with Crippen LogP contribution in [0.3, 0.4) is 0 Å². The summed E-state index contributed by atoms with van der Waals surface area (Å²) in [6.07, 6.45) is 2.42. The molecule has 2 saturated heterocycles. The van der Waals surface area contributed by atoms with Crippen molar-refractivity contribution in [2.75, 3.05) is 11.5 Å². The molecule has 2 aliphatic heterocycles. The zero-order valence-electron chi connectivity index (χ0n) is 7.26. The fourth-order valence-electron chi connectivity index (χ4n) is 1.67. The second-order valence-corrected chi connectivity index (χ2v) is 4.40. The molecule has 0 atom stereocenters. The van der Waals surface area contributed by atoms with Crippen molar-refractivity contribution in [2.45, 2.75) is 19.3 Å². The number of hydrogen-bond donors (Lipinski definition) is 1. The summed E-state index contributed by atoms with van der Waals surface area (Å²) in [5.74, 6) is 1.79. The molecule has 13 heavy (non-hydrogen) atoms. The molecule has 2 rings (SSSR count). The number of thioether (sulfide) groups is 1. The Morgan fingerprint density at radius 1 is 1.31 bits per heavy atom. The lowest BCUT2D eigenvalue weighted by molar-refractivity contribution is -0.124. The van der Waals surface area contributed by atoms with E-state index in [1.165, 1.54) is 11.3 Å². The van der Waals surface area contributed by atoms with E-state index in [9.17, 15) is 9.59 Å². The Morgan fingerprint density at radius 2 is 2.15 bits per heavy atom. The van der Waals surface area contributed by atoms with Gasteiger partial charge in [0.05, 0.1) is 6.42 Å². The maximum Gasteiger partial charge on any atom is 0.254 e. The van der Waals surface area contributed by atoms with Crippen molar-refractivity contribution in [3.05, 3.63) is 11.1 Å². The van der Waals surface area contributed by atoms with Gasteiger partial charge in [-0.2, -0.15) is 11.8 Å². The Balaban J connectivity index is 2.21. The largest absolute Gasteiger partial charge is 0.292 e. The van der Waals surface area contributed by atoms with Crippen molar-refractivity contribution in [1.82, 2.24) is 5.32 Å². The standard InChI is InChI=1S/C9H11NO2S/c11-8-4-7(9(12)10-8)6-2-1-3-13-5-6/h1-5H2,(H,10,11,12). The lowest BCUT2D eigenvalue weighted by atomic mass is 10.0. The topological polar surface area (TPSA) is 46.2 Å². The maximum absolute atomic E-state index is 11.3. The minimum atomic E-state index is -0.164. The highest BCUT2D eigenvalue weighted by atomic mass is 32.2. The molecule has 0 aromatic rings. The van der Waals surface area contributed by atoms with Gasteiger partial charge >= 0.3 is 0 Å². The van der Waals surface area contributed by atoms with Gasteiger partial charge < -0.3 is 0 Å². The molecule has 2 fully saturated rings. The Labute approximate surface area is 81.0 Å². The quantitative estimate of drug-likeness (QED) is 0.462. The smallest absolute Gasteiger partial charge is 0.254 e. The summed E-state index contributed by atoms with van der Waals surface area (Å²) < 4.78 is 0. The van der Waals surface area contributed by atoms with Gasteiger partial charge in [0.2, 0.25) is 5.91 Å². The number of nitrogens with one attached hydrogen (secondary N) is 1. The summed E-state index contributed by atoms with van der Waals surface area (Å²) in [6, 6.07) is 0. The van der Waals surface area contributed by atoms with E-state index in [4.69, 9.17) is 0 Å². The average molecular weight is 197 g/mol. The maximum atomic E-state index is 11.3. The van der Waals surface area contributed by atoms with Gasteiger partial charge in [-0.05, 0) is 18.6 Å². The monoisotopic (exact) mass is 197 g/mol. The third-order valence-electron chi connectivity index (χ3n) is 2.33. The summed E-state index contributed by atoms with van der Waals surface area (Å²) in [5, 5.41) is 2.32. The van der Waals surface area contributed by atoms with Crippen molar-refractivity contribution in [2.24, 2.45) is 0 Å². The molecule has 0 aliphatic carbocycles. The van der Waals surface area contributed by atoms with Gasteiger partial charge in [0.25, 0.3) is 5.91 Å². The third kappa shape index (κ3) is 1.77. The Bertz CT molecular complexity index is 288. The molecule has 70 valence electrons. The Morgan fingerprint density at radius 3 is 2.69 bits per heavy atom. The zero-order valence-corrected chi connectivity index (χ0v) is 8.08. The van der Waals surface area contributed by atoms with Crippen LogP contribution in [0.1, 0.15) is 19.3 Å². The molecule has 4 heteroatoms. The molecule has 0 bridgehead atoms. The fraction of sp³-hybridized carbons (Fsp3) is 0.556. The number of imide groups is 1. The molecule has 0 spiro atoms. The van der Waals surface area contributed by atoms with Crippen LogP contribution < -0.4 is 5.32 Å². The van der Waals surface area contributed by atoms with Crippen molar-refractivity contribution in [3.63, 3.8) is 0 Å². The highest BCUT2D eigenvalue weighted by Crippen LogP contribution is 2.27. The second kappa shape index (κ2) is 3.54. The van der Waals surface area contributed by atoms with Crippen molar-refractivity contribution in [3.8, 4) is 0 Å². The van der Waals surface area contributed by atoms with Crippen LogP contribution in [0.15, 0.2) is 11.1 Å². The first-order chi connectivity index (χ1) is 6.27. The van der Waals surface area contributed by atoms with Crippen molar-refractivity contribution >= 4 is 23.6 Å². The van der Waals surface area contributed by atoms with Crippen LogP contribution in [0.5, 0.6) is 0 Å². The predicted octanol–water partition coefficient (Wildman–Crippen LogP) is 0.856. The SMILES string of the molecule is O=C1CC(=C2CCCSC2)C(=O)N1. The molecule has 2 amide bonds. The van der Waals surface area contributed by atoms with E-state index in [2.05, 4.69) is 5.32 Å². The van der Waals surface area contributed by atoms with Crippen LogP contribution in [0.2, 0.25) is 0 Å². The van der Waals surface area contributed by atoms with Crippen LogP contribution >= 0.6 is 11.8 Å². The van der Waals surface area contributed by atoms with E-state index in [1.807, 2.05) is 11.8 Å². The van der Waals surface area contributed by atoms with E-state index in [0.717, 1.165) is 24.2 Å². The zero-order chi connectivity index (χ0) is 9.26. The molecular weight excluding hydrogens is 186 g/mol. The second-order valence-electron chi connectivity index (χ2n) is 3.29. The number of amides is 2. The number of hydrogen-bond acceptors (Lipinski definition) is 3. The van der Waals surface area contributed by atoms with Crippen LogP contribution in [0.4, 0.5) is 0 Å². The molecule has 0 saturated carbocycles. The number of carbonyl (C=O) groups excluding carboxylic acids is 2. The van der Waals surface area contributed by atoms with E-state index in [0.29, 0.717) is 6.42 Å². The minimum absolute atomic E-state index is 0.150. The highest BCUT2D eigenvalue weighted by molar-refractivity contribution is 7.99. The van der Waals surface area contributed by atoms with Gasteiger partial charge in [-0.15, -0.1) is 0 Å². The van der Waals surface area contributed by atoms with Gasteiger partial charge in [0, 0.05) is 11.3 Å². The first-order valence-electron chi connectivity index (χ1n) is 4.40. The first kappa shape index (κ1) is 8.81. The van der Waals surface area contributed by atoms with Gasteiger partial charge in [-0.25, -0.2) is 0 Å². The molecule has 3 nitrogen and oxygen atoms in total. The van der Waals surface area contributed by atoms with Crippen LogP contribution in [-0.2, 0) is 9.59 Å². The molecule has 0 unspecified atom stereocenters. The average Bonchev–Trinajstić information content (AvgIpc) is 2.47. The van der Waals surface area contributed by atoms with Gasteiger partial charge in [-0.3, -0.25) is 14.9 Å². The fourth-order valence-corrected chi connectivity index (χ4v) is 2.72. The predicted molar refractivity (Wildman–Crippen MR) is 51.4 cm³/mol. The van der Waals surface area contributed by atoms with E-state index < -0.39 is 0 Å². The lowest BCUT2D eigenvalue weighted by Gasteiger charge is -2.14. The van der Waals surface area contributed by atoms with Gasteiger partial charge in [0.15, 0.2) is 0 Å². The van der Waals surface area contributed by atoms with Gasteiger partial charge in [0.1, 0.15) is 0 Å². The molecule has 0 aromatic carbocycles. The Kier molecular flexibility index (Phi) is 2.40. The van der Waals surface area contributed by atoms with Crippen LogP contribution in [0.25, 0.3) is 0 Å². The normalized spacial score (nSPS) is 29.2. The highest BCUT2D eigenvalue weighted by Gasteiger charge is 2.27. The molecule has 2 aliphatic rings. The summed E-state index contributed by atoms with van der Waals surface area (Å²) >= 11 is 1.84. The van der Waals surface area contributed by atoms with E-state index in [-0.39, 0.29) is 11.8 Å².